The van der Waals surface area contributed by atoms with E-state index in [0.717, 1.165) is 43.9 Å². The molecular weight excluding hydrogens is 428 g/mol. The number of nitrogens with one attached hydrogen (secondary N) is 2. The molecule has 2 aliphatic rings. The molecule has 4 heterocycles. The number of anilines is 3. The topological polar surface area (TPSA) is 112 Å². The Hall–Kier alpha value is -3.93. The van der Waals surface area contributed by atoms with Gasteiger partial charge < -0.3 is 15.5 Å². The molecule has 174 valence electrons. The Morgan fingerprint density at radius 1 is 1.00 bits per heavy atom. The number of hydrogen-bond donors (Lipinski definition) is 2. The van der Waals surface area contributed by atoms with Crippen molar-refractivity contribution in [2.24, 2.45) is 5.41 Å². The average Bonchev–Trinajstić information content (AvgIpc) is 3.25. The van der Waals surface area contributed by atoms with Crippen LogP contribution >= 0.6 is 0 Å². The van der Waals surface area contributed by atoms with Gasteiger partial charge in [-0.05, 0) is 48.9 Å². The Kier molecular flexibility index (Phi) is 5.65. The maximum atomic E-state index is 12.3. The summed E-state index contributed by atoms with van der Waals surface area (Å²) >= 11 is 0. The van der Waals surface area contributed by atoms with Gasteiger partial charge in [-0.1, -0.05) is 13.8 Å². The van der Waals surface area contributed by atoms with Crippen molar-refractivity contribution in [2.75, 3.05) is 28.6 Å². The summed E-state index contributed by atoms with van der Waals surface area (Å²) in [5.74, 6) is 1.43. The van der Waals surface area contributed by atoms with Gasteiger partial charge in [0.15, 0.2) is 0 Å². The molecule has 1 saturated heterocycles. The van der Waals surface area contributed by atoms with Crippen LogP contribution in [-0.4, -0.2) is 44.7 Å². The maximum absolute atomic E-state index is 12.3. The average molecular weight is 457 g/mol. The van der Waals surface area contributed by atoms with Crippen molar-refractivity contribution < 1.29 is 0 Å². The van der Waals surface area contributed by atoms with Crippen LogP contribution in [0.1, 0.15) is 38.7 Å². The Labute approximate surface area is 198 Å². The van der Waals surface area contributed by atoms with E-state index in [1.54, 1.807) is 18.5 Å². The predicted octanol–water partition coefficient (Wildman–Crippen LogP) is 3.19. The van der Waals surface area contributed by atoms with Crippen LogP contribution in [0.25, 0.3) is 5.69 Å². The highest BCUT2D eigenvalue weighted by Crippen LogP contribution is 2.33. The Morgan fingerprint density at radius 2 is 1.71 bits per heavy atom. The molecule has 0 unspecified atom stereocenters. The zero-order valence-corrected chi connectivity index (χ0v) is 19.4. The monoisotopic (exact) mass is 456 g/mol. The van der Waals surface area contributed by atoms with Gasteiger partial charge in [0, 0.05) is 31.4 Å². The van der Waals surface area contributed by atoms with Gasteiger partial charge in [-0.2, -0.15) is 5.26 Å². The first-order valence-electron chi connectivity index (χ1n) is 11.6. The molecule has 1 aliphatic carbocycles. The van der Waals surface area contributed by atoms with E-state index in [4.69, 9.17) is 5.26 Å². The summed E-state index contributed by atoms with van der Waals surface area (Å²) in [5, 5.41) is 16.0. The number of aromatic nitrogens is 4. The van der Waals surface area contributed by atoms with Gasteiger partial charge in [-0.15, -0.1) is 0 Å². The first-order valence-corrected chi connectivity index (χ1v) is 11.6. The van der Waals surface area contributed by atoms with Crippen molar-refractivity contribution in [3.05, 3.63) is 65.0 Å². The van der Waals surface area contributed by atoms with Crippen LogP contribution in [0.5, 0.6) is 0 Å². The zero-order valence-electron chi connectivity index (χ0n) is 19.4. The van der Waals surface area contributed by atoms with Crippen molar-refractivity contribution >= 4 is 17.5 Å². The van der Waals surface area contributed by atoms with Crippen molar-refractivity contribution in [3.8, 4) is 11.8 Å². The van der Waals surface area contributed by atoms with Crippen molar-refractivity contribution in [3.63, 3.8) is 0 Å². The Bertz CT molecular complexity index is 1250. The molecule has 34 heavy (non-hydrogen) atoms. The minimum Gasteiger partial charge on any atom is -0.368 e. The number of nitrogens with zero attached hydrogens (tertiary/aromatic N) is 6. The highest BCUT2D eigenvalue weighted by molar-refractivity contribution is 5.48. The van der Waals surface area contributed by atoms with Crippen LogP contribution in [-0.2, 0) is 0 Å². The SMILES string of the molecule is CC1(C)CN(c2cnc(N[C@H]3CC[C@H](Nc4ccc(-n5cccc(C#N)c5=O)cn4)C3)nc2)C1. The summed E-state index contributed by atoms with van der Waals surface area (Å²) in [4.78, 5) is 28.1. The second-order valence-corrected chi connectivity index (χ2v) is 9.89. The number of hydrogen-bond acceptors (Lipinski definition) is 8. The summed E-state index contributed by atoms with van der Waals surface area (Å²) in [7, 11) is 0. The third-order valence-electron chi connectivity index (χ3n) is 6.45. The summed E-state index contributed by atoms with van der Waals surface area (Å²) in [6.07, 6.45) is 10.1. The lowest BCUT2D eigenvalue weighted by Gasteiger charge is -2.47. The molecule has 0 aromatic carbocycles. The standard InChI is InChI=1S/C25H28N8O/c1-25(2)15-32(16-25)21-13-28-24(29-14-21)31-19-6-5-18(10-19)30-22-8-7-20(12-27-22)33-9-3-4-17(11-26)23(33)34/h3-4,7-9,12-14,18-19H,5-6,10,15-16H2,1-2H3,(H,27,30)(H,28,29,31)/t18-,19-/m0/s1. The molecule has 0 spiro atoms. The molecule has 0 radical (unpaired) electrons. The second kappa shape index (κ2) is 8.78. The van der Waals surface area contributed by atoms with Crippen molar-refractivity contribution in [1.82, 2.24) is 19.5 Å². The molecule has 1 saturated carbocycles. The summed E-state index contributed by atoms with van der Waals surface area (Å²) < 4.78 is 1.43. The van der Waals surface area contributed by atoms with Crippen LogP contribution < -0.4 is 21.1 Å². The van der Waals surface area contributed by atoms with Gasteiger partial charge in [0.25, 0.3) is 5.56 Å². The van der Waals surface area contributed by atoms with Gasteiger partial charge in [-0.3, -0.25) is 9.36 Å². The van der Waals surface area contributed by atoms with E-state index in [9.17, 15) is 4.79 Å². The molecule has 3 aromatic rings. The molecule has 0 amide bonds. The minimum atomic E-state index is -0.346. The Balaban J connectivity index is 1.15. The van der Waals surface area contributed by atoms with E-state index in [-0.39, 0.29) is 11.1 Å². The van der Waals surface area contributed by atoms with Crippen molar-refractivity contribution in [2.45, 2.75) is 45.2 Å². The van der Waals surface area contributed by atoms with Crippen LogP contribution in [0.3, 0.4) is 0 Å². The third-order valence-corrected chi connectivity index (χ3v) is 6.45. The van der Waals surface area contributed by atoms with Gasteiger partial charge in [0.2, 0.25) is 5.95 Å². The van der Waals surface area contributed by atoms with Crippen molar-refractivity contribution in [1.29, 1.82) is 5.26 Å². The van der Waals surface area contributed by atoms with Gasteiger partial charge >= 0.3 is 0 Å². The molecule has 0 bridgehead atoms. The molecule has 2 fully saturated rings. The molecule has 9 nitrogen and oxygen atoms in total. The molecule has 2 atom stereocenters. The molecule has 5 rings (SSSR count). The summed E-state index contributed by atoms with van der Waals surface area (Å²) in [6.45, 7) is 6.61. The van der Waals surface area contributed by atoms with E-state index < -0.39 is 0 Å². The predicted molar refractivity (Wildman–Crippen MR) is 131 cm³/mol. The minimum absolute atomic E-state index is 0.109. The normalized spacial score (nSPS) is 20.9. The molecule has 3 aromatic heterocycles. The maximum Gasteiger partial charge on any atom is 0.273 e. The smallest absolute Gasteiger partial charge is 0.273 e. The number of pyridine rings is 2. The van der Waals surface area contributed by atoms with E-state index in [1.807, 2.05) is 30.6 Å². The lowest BCUT2D eigenvalue weighted by Crippen LogP contribution is -2.53. The number of nitriles is 1. The van der Waals surface area contributed by atoms with E-state index >= 15 is 0 Å². The third kappa shape index (κ3) is 4.57. The first-order chi connectivity index (χ1) is 16.4. The van der Waals surface area contributed by atoms with Crippen LogP contribution in [0.2, 0.25) is 0 Å². The van der Waals surface area contributed by atoms with E-state index in [2.05, 4.69) is 44.3 Å². The fourth-order valence-corrected chi connectivity index (χ4v) is 4.76. The van der Waals surface area contributed by atoms with E-state index in [0.29, 0.717) is 29.1 Å². The fraction of sp³-hybridized carbons (Fsp3) is 0.400. The lowest BCUT2D eigenvalue weighted by molar-refractivity contribution is 0.276. The molecule has 9 heteroatoms. The van der Waals surface area contributed by atoms with Gasteiger partial charge in [0.1, 0.15) is 17.5 Å². The molecular formula is C25H28N8O. The number of rotatable bonds is 6. The van der Waals surface area contributed by atoms with Crippen LogP contribution in [0, 0.1) is 16.7 Å². The van der Waals surface area contributed by atoms with Gasteiger partial charge in [-0.25, -0.2) is 15.0 Å². The summed E-state index contributed by atoms with van der Waals surface area (Å²) in [5.41, 5.74) is 1.84. The van der Waals surface area contributed by atoms with E-state index in [1.165, 1.54) is 10.6 Å². The quantitative estimate of drug-likeness (QED) is 0.582. The first kappa shape index (κ1) is 21.9. The Morgan fingerprint density at radius 3 is 2.35 bits per heavy atom. The zero-order chi connectivity index (χ0) is 23.7. The second-order valence-electron chi connectivity index (χ2n) is 9.89. The highest BCUT2D eigenvalue weighted by atomic mass is 16.1. The lowest BCUT2D eigenvalue weighted by atomic mass is 9.84. The van der Waals surface area contributed by atoms with Crippen LogP contribution in [0.4, 0.5) is 17.5 Å². The van der Waals surface area contributed by atoms with Gasteiger partial charge in [0.05, 0.1) is 30.0 Å². The molecule has 2 N–H and O–H groups in total. The fourth-order valence-electron chi connectivity index (χ4n) is 4.76. The largest absolute Gasteiger partial charge is 0.368 e. The highest BCUT2D eigenvalue weighted by Gasteiger charge is 2.34. The summed E-state index contributed by atoms with van der Waals surface area (Å²) in [6, 6.07) is 9.40. The van der Waals surface area contributed by atoms with Crippen LogP contribution in [0.15, 0.2) is 53.8 Å². The molecule has 1 aliphatic heterocycles.